The number of esters is 1. The quantitative estimate of drug-likeness (QED) is 0.560. The van der Waals surface area contributed by atoms with Crippen molar-refractivity contribution in [3.8, 4) is 6.07 Å². The van der Waals surface area contributed by atoms with Crippen LogP contribution in [-0.4, -0.2) is 48.8 Å². The van der Waals surface area contributed by atoms with E-state index in [0.29, 0.717) is 24.1 Å². The summed E-state index contributed by atoms with van der Waals surface area (Å²) in [5.41, 5.74) is 3.75. The fraction of sp³-hybridized carbons (Fsp3) is 0.520. The van der Waals surface area contributed by atoms with Crippen molar-refractivity contribution in [2.45, 2.75) is 52.0 Å². The van der Waals surface area contributed by atoms with Crippen molar-refractivity contribution in [3.63, 3.8) is 0 Å². The third-order valence-corrected chi connectivity index (χ3v) is 5.82. The summed E-state index contributed by atoms with van der Waals surface area (Å²) in [6, 6.07) is 8.65. The Morgan fingerprint density at radius 2 is 1.97 bits per heavy atom. The summed E-state index contributed by atoms with van der Waals surface area (Å²) in [4.78, 5) is 22.5. The fourth-order valence-corrected chi connectivity index (χ4v) is 4.10. The molecule has 1 aliphatic rings. The monoisotopic (exact) mass is 451 g/mol. The molecule has 0 aliphatic carbocycles. The van der Waals surface area contributed by atoms with Gasteiger partial charge in [-0.3, -0.25) is 4.79 Å². The van der Waals surface area contributed by atoms with E-state index < -0.39 is 0 Å². The second kappa shape index (κ2) is 11.6. The van der Waals surface area contributed by atoms with Crippen LogP contribution in [0.2, 0.25) is 0 Å². The van der Waals surface area contributed by atoms with Crippen LogP contribution in [0.25, 0.3) is 0 Å². The Hall–Kier alpha value is -3.18. The average molecular weight is 452 g/mol. The normalized spacial score (nSPS) is 15.0. The molecule has 1 N–H and O–H groups in total. The number of ether oxygens (including phenoxy) is 2. The van der Waals surface area contributed by atoms with E-state index in [-0.39, 0.29) is 17.7 Å². The van der Waals surface area contributed by atoms with Crippen LogP contribution in [0.4, 0.5) is 17.1 Å². The summed E-state index contributed by atoms with van der Waals surface area (Å²) >= 11 is 0. The van der Waals surface area contributed by atoms with Gasteiger partial charge in [-0.15, -0.1) is 0 Å². The molecule has 0 radical (unpaired) electrons. The van der Waals surface area contributed by atoms with Crippen molar-refractivity contribution in [1.82, 2.24) is 9.97 Å². The van der Waals surface area contributed by atoms with E-state index in [0.717, 1.165) is 49.5 Å². The first-order chi connectivity index (χ1) is 15.9. The molecule has 176 valence electrons. The average Bonchev–Trinajstić information content (AvgIpc) is 2.83. The van der Waals surface area contributed by atoms with E-state index >= 15 is 0 Å². The topological polar surface area (TPSA) is 100 Å². The molecule has 3 rings (SSSR count). The number of rotatable bonds is 9. The van der Waals surface area contributed by atoms with Crippen LogP contribution >= 0.6 is 0 Å². The zero-order chi connectivity index (χ0) is 23.8. The number of nitriles is 1. The lowest BCUT2D eigenvalue weighted by Gasteiger charge is -2.38. The van der Waals surface area contributed by atoms with Gasteiger partial charge in [0.2, 0.25) is 5.82 Å². The van der Waals surface area contributed by atoms with E-state index in [1.54, 1.807) is 12.4 Å². The highest BCUT2D eigenvalue weighted by molar-refractivity contribution is 5.77. The number of anilines is 3. The van der Waals surface area contributed by atoms with Gasteiger partial charge in [-0.2, -0.15) is 5.26 Å². The first-order valence-corrected chi connectivity index (χ1v) is 11.5. The van der Waals surface area contributed by atoms with E-state index in [2.05, 4.69) is 52.2 Å². The molecular weight excluding hydrogens is 418 g/mol. The Labute approximate surface area is 195 Å². The number of methoxy groups -OCH3 is 1. The van der Waals surface area contributed by atoms with Crippen molar-refractivity contribution in [2.75, 3.05) is 37.1 Å². The minimum Gasteiger partial charge on any atom is -0.469 e. The largest absolute Gasteiger partial charge is 0.469 e. The number of hydrogen-bond donors (Lipinski definition) is 1. The first kappa shape index (κ1) is 24.5. The molecule has 2 aromatic rings. The Balaban J connectivity index is 1.99. The minimum atomic E-state index is -0.231. The summed E-state index contributed by atoms with van der Waals surface area (Å²) in [5, 5.41) is 12.5. The maximum absolute atomic E-state index is 11.8. The zero-order valence-corrected chi connectivity index (χ0v) is 19.9. The summed E-state index contributed by atoms with van der Waals surface area (Å²) in [7, 11) is 1.41. The predicted molar refractivity (Wildman–Crippen MR) is 128 cm³/mol. The molecule has 8 nitrogen and oxygen atoms in total. The number of benzene rings is 1. The SMILES string of the molecule is COC(=O)CC(C)c1ccc(N(CC(C)C)C2CCOCC2)c(Nc2cnc(C#N)nc2)c1. The van der Waals surface area contributed by atoms with Gasteiger partial charge in [0.25, 0.3) is 0 Å². The second-order valence-corrected chi connectivity index (χ2v) is 8.88. The predicted octanol–water partition coefficient (Wildman–Crippen LogP) is 4.40. The number of nitrogens with one attached hydrogen (secondary N) is 1. The molecule has 1 aromatic heterocycles. The molecule has 1 aliphatic heterocycles. The van der Waals surface area contributed by atoms with Gasteiger partial charge in [-0.25, -0.2) is 9.97 Å². The third kappa shape index (κ3) is 6.65. The van der Waals surface area contributed by atoms with E-state index in [4.69, 9.17) is 14.7 Å². The van der Waals surface area contributed by atoms with Crippen LogP contribution in [0.15, 0.2) is 30.6 Å². The van der Waals surface area contributed by atoms with Crippen molar-refractivity contribution < 1.29 is 14.3 Å². The molecule has 0 saturated carbocycles. The number of aromatic nitrogens is 2. The lowest BCUT2D eigenvalue weighted by atomic mass is 9.95. The summed E-state index contributed by atoms with van der Waals surface area (Å²) < 4.78 is 10.5. The van der Waals surface area contributed by atoms with E-state index in [1.807, 2.05) is 13.0 Å². The smallest absolute Gasteiger partial charge is 0.306 e. The molecule has 1 saturated heterocycles. The van der Waals surface area contributed by atoms with Crippen molar-refractivity contribution in [3.05, 3.63) is 42.0 Å². The Bertz CT molecular complexity index is 965. The first-order valence-electron chi connectivity index (χ1n) is 11.5. The van der Waals surface area contributed by atoms with Crippen LogP contribution in [-0.2, 0) is 14.3 Å². The molecule has 1 aromatic carbocycles. The van der Waals surface area contributed by atoms with Crippen LogP contribution in [0.5, 0.6) is 0 Å². The van der Waals surface area contributed by atoms with Crippen LogP contribution in [0.1, 0.15) is 57.3 Å². The van der Waals surface area contributed by atoms with Gasteiger partial charge in [0, 0.05) is 25.8 Å². The molecule has 1 atom stereocenters. The lowest BCUT2D eigenvalue weighted by Crippen LogP contribution is -2.42. The van der Waals surface area contributed by atoms with Gasteiger partial charge >= 0.3 is 5.97 Å². The molecule has 8 heteroatoms. The molecule has 0 amide bonds. The molecule has 1 unspecified atom stereocenters. The number of carbonyl (C=O) groups excluding carboxylic acids is 1. The molecule has 1 fully saturated rings. The molecule has 0 bridgehead atoms. The Kier molecular flexibility index (Phi) is 8.61. The van der Waals surface area contributed by atoms with Gasteiger partial charge in [-0.1, -0.05) is 26.8 Å². The minimum absolute atomic E-state index is 0.00546. The summed E-state index contributed by atoms with van der Waals surface area (Å²) in [6.07, 6.45) is 5.49. The standard InChI is InChI=1S/C25H33N5O3/c1-17(2)16-30(21-7-9-33-10-8-21)23-6-5-19(18(3)11-25(31)32-4)12-22(23)29-20-14-27-24(13-26)28-15-20/h5-6,12,14-15,17-18,21,29H,7-11,16H2,1-4H3. The Morgan fingerprint density at radius 1 is 1.27 bits per heavy atom. The number of hydrogen-bond acceptors (Lipinski definition) is 8. The molecule has 0 spiro atoms. The zero-order valence-electron chi connectivity index (χ0n) is 19.9. The highest BCUT2D eigenvalue weighted by Crippen LogP contribution is 2.36. The van der Waals surface area contributed by atoms with Gasteiger partial charge in [0.05, 0.1) is 43.0 Å². The highest BCUT2D eigenvalue weighted by atomic mass is 16.5. The number of nitrogens with zero attached hydrogens (tertiary/aromatic N) is 4. The number of carbonyl (C=O) groups is 1. The fourth-order valence-electron chi connectivity index (χ4n) is 4.10. The van der Waals surface area contributed by atoms with Crippen LogP contribution in [0, 0.1) is 17.2 Å². The molecule has 2 heterocycles. The van der Waals surface area contributed by atoms with Crippen molar-refractivity contribution in [1.29, 1.82) is 5.26 Å². The lowest BCUT2D eigenvalue weighted by molar-refractivity contribution is -0.140. The summed E-state index contributed by atoms with van der Waals surface area (Å²) in [5.74, 6) is 0.387. The third-order valence-electron chi connectivity index (χ3n) is 5.82. The van der Waals surface area contributed by atoms with Crippen molar-refractivity contribution in [2.24, 2.45) is 5.92 Å². The van der Waals surface area contributed by atoms with Gasteiger partial charge in [-0.05, 0) is 42.4 Å². The second-order valence-electron chi connectivity index (χ2n) is 8.88. The molecular formula is C25H33N5O3. The van der Waals surface area contributed by atoms with E-state index in [1.165, 1.54) is 7.11 Å². The molecule has 33 heavy (non-hydrogen) atoms. The van der Waals surface area contributed by atoms with Crippen LogP contribution < -0.4 is 10.2 Å². The van der Waals surface area contributed by atoms with Gasteiger partial charge in [0.1, 0.15) is 6.07 Å². The maximum Gasteiger partial charge on any atom is 0.306 e. The van der Waals surface area contributed by atoms with E-state index in [9.17, 15) is 4.79 Å². The maximum atomic E-state index is 11.8. The Morgan fingerprint density at radius 3 is 2.58 bits per heavy atom. The van der Waals surface area contributed by atoms with Crippen LogP contribution in [0.3, 0.4) is 0 Å². The van der Waals surface area contributed by atoms with Crippen molar-refractivity contribution >= 4 is 23.0 Å². The van der Waals surface area contributed by atoms with Gasteiger partial charge < -0.3 is 19.7 Å². The highest BCUT2D eigenvalue weighted by Gasteiger charge is 2.25. The summed E-state index contributed by atoms with van der Waals surface area (Å²) in [6.45, 7) is 8.91. The van der Waals surface area contributed by atoms with Gasteiger partial charge in [0.15, 0.2) is 0 Å².